The second kappa shape index (κ2) is 11.2. The minimum absolute atomic E-state index is 0.0263. The maximum Gasteiger partial charge on any atom is 0.357 e. The van der Waals surface area contributed by atoms with Gasteiger partial charge in [0.15, 0.2) is 10.8 Å². The molecule has 3 rings (SSSR count). The summed E-state index contributed by atoms with van der Waals surface area (Å²) >= 11 is 1.17. The topological polar surface area (TPSA) is 202 Å². The van der Waals surface area contributed by atoms with Crippen LogP contribution in [0.4, 0.5) is 16.5 Å². The number of aryl methyl sites for hydroxylation is 2. The van der Waals surface area contributed by atoms with Gasteiger partial charge in [-0.3, -0.25) is 30.3 Å². The molecule has 2 N–H and O–H groups in total. The normalized spacial score (nSPS) is 10.4. The molecule has 0 saturated heterocycles. The highest BCUT2D eigenvalue weighted by Crippen LogP contribution is 2.30. The molecule has 0 aromatic carbocycles. The monoisotopic (exact) mass is 522 g/mol. The van der Waals surface area contributed by atoms with Crippen LogP contribution in [0.3, 0.4) is 0 Å². The maximum absolute atomic E-state index is 12.3. The number of aromatic nitrogens is 3. The molecule has 0 aliphatic heterocycles. The Hall–Kier alpha value is -4.60. The summed E-state index contributed by atoms with van der Waals surface area (Å²) in [7, 11) is 4.23. The lowest BCUT2D eigenvalue weighted by Gasteiger charge is -2.02. The number of aromatic carboxylic acids is 1. The summed E-state index contributed by atoms with van der Waals surface area (Å²) in [5.41, 5.74) is -0.218. The third kappa shape index (κ3) is 6.29. The van der Waals surface area contributed by atoms with E-state index in [1.807, 2.05) is 13.8 Å². The summed E-state index contributed by atoms with van der Waals surface area (Å²) in [6.45, 7) is 3.79. The largest absolute Gasteiger partial charge is 0.477 e. The smallest absolute Gasteiger partial charge is 0.357 e. The third-order valence-corrected chi connectivity index (χ3v) is 5.90. The van der Waals surface area contributed by atoms with Gasteiger partial charge in [0.1, 0.15) is 11.4 Å². The average molecular weight is 522 g/mol. The molecule has 36 heavy (non-hydrogen) atoms. The lowest BCUT2D eigenvalue weighted by Crippen LogP contribution is -2.15. The predicted molar refractivity (Wildman–Crippen MR) is 127 cm³/mol. The number of rotatable bonds is 7. The fraction of sp³-hybridized carbons (Fsp3) is 0.300. The molecule has 0 atom stereocenters. The van der Waals surface area contributed by atoms with Crippen LogP contribution in [0.15, 0.2) is 24.5 Å². The summed E-state index contributed by atoms with van der Waals surface area (Å²) in [6.07, 6.45) is 2.40. The average Bonchev–Trinajstić information content (AvgIpc) is 3.50. The van der Waals surface area contributed by atoms with E-state index in [9.17, 15) is 34.6 Å². The number of carbonyl (C=O) groups excluding carboxylic acids is 2. The van der Waals surface area contributed by atoms with E-state index in [1.165, 1.54) is 53.9 Å². The van der Waals surface area contributed by atoms with E-state index >= 15 is 0 Å². The molecule has 0 saturated carbocycles. The van der Waals surface area contributed by atoms with Crippen LogP contribution in [0, 0.1) is 20.2 Å². The van der Waals surface area contributed by atoms with Crippen molar-refractivity contribution in [2.45, 2.75) is 19.8 Å². The van der Waals surface area contributed by atoms with Gasteiger partial charge in [-0.05, 0) is 5.92 Å². The first-order valence-corrected chi connectivity index (χ1v) is 10.8. The Balaban J connectivity index is 0.000000319. The van der Waals surface area contributed by atoms with Crippen LogP contribution in [0.5, 0.6) is 0 Å². The van der Waals surface area contributed by atoms with Crippen molar-refractivity contribution in [3.05, 3.63) is 66.7 Å². The van der Waals surface area contributed by atoms with Gasteiger partial charge in [-0.2, -0.15) is 0 Å². The maximum atomic E-state index is 12.3. The van der Waals surface area contributed by atoms with Crippen LogP contribution in [0.2, 0.25) is 0 Å². The zero-order valence-electron chi connectivity index (χ0n) is 19.7. The third-order valence-electron chi connectivity index (χ3n) is 4.63. The van der Waals surface area contributed by atoms with E-state index in [2.05, 4.69) is 10.3 Å². The zero-order valence-corrected chi connectivity index (χ0v) is 20.6. The highest BCUT2D eigenvalue weighted by atomic mass is 32.1. The first kappa shape index (κ1) is 27.6. The van der Waals surface area contributed by atoms with E-state index < -0.39 is 27.7 Å². The molecule has 0 bridgehead atoms. The molecule has 16 heteroatoms. The minimum atomic E-state index is -1.18. The summed E-state index contributed by atoms with van der Waals surface area (Å²) in [5, 5.41) is 32.3. The van der Waals surface area contributed by atoms with Gasteiger partial charge in [0.25, 0.3) is 17.3 Å². The number of nitrogens with one attached hydrogen (secondary N) is 1. The Kier molecular flexibility index (Phi) is 8.61. The number of anilines is 1. The summed E-state index contributed by atoms with van der Waals surface area (Å²) in [4.78, 5) is 59.0. The van der Waals surface area contributed by atoms with Gasteiger partial charge >= 0.3 is 11.9 Å². The lowest BCUT2D eigenvalue weighted by atomic mass is 10.1. The van der Waals surface area contributed by atoms with E-state index in [-0.39, 0.29) is 39.5 Å². The number of nitro groups is 2. The number of amides is 1. The molecular formula is C20H22N6O9S. The van der Waals surface area contributed by atoms with Crippen molar-refractivity contribution in [2.24, 2.45) is 14.1 Å². The molecule has 0 radical (unpaired) electrons. The molecule has 1 amide bonds. The van der Waals surface area contributed by atoms with E-state index in [1.54, 1.807) is 0 Å². The number of hydrogen-bond donors (Lipinski definition) is 2. The molecule has 0 spiro atoms. The van der Waals surface area contributed by atoms with Crippen molar-refractivity contribution in [3.8, 4) is 0 Å². The van der Waals surface area contributed by atoms with E-state index in [0.717, 1.165) is 12.3 Å². The Morgan fingerprint density at radius 1 is 1.06 bits per heavy atom. The number of hydrogen-bond acceptors (Lipinski definition) is 10. The number of nitrogens with zero attached hydrogens (tertiary/aromatic N) is 5. The predicted octanol–water partition coefficient (Wildman–Crippen LogP) is 3.18. The molecule has 15 nitrogen and oxygen atoms in total. The highest BCUT2D eigenvalue weighted by Gasteiger charge is 2.24. The van der Waals surface area contributed by atoms with Crippen LogP contribution in [0.1, 0.15) is 56.1 Å². The van der Waals surface area contributed by atoms with Crippen molar-refractivity contribution >= 4 is 45.7 Å². The van der Waals surface area contributed by atoms with Gasteiger partial charge in [-0.1, -0.05) is 13.8 Å². The van der Waals surface area contributed by atoms with Crippen LogP contribution in [-0.4, -0.2) is 54.0 Å². The molecule has 0 aliphatic rings. The Morgan fingerprint density at radius 2 is 1.56 bits per heavy atom. The fourth-order valence-corrected chi connectivity index (χ4v) is 3.86. The van der Waals surface area contributed by atoms with Crippen LogP contribution in [0.25, 0.3) is 0 Å². The van der Waals surface area contributed by atoms with Crippen molar-refractivity contribution in [1.82, 2.24) is 14.1 Å². The number of carboxylic acid groups (broad SMARTS) is 1. The SMILES string of the molecule is COC(=O)c1nc(NC(=O)c2cc([N+](=O)[O-])cn2C)sc1C(C)C.Cn1cc([N+](=O)[O-])cc1C(=O)O. The highest BCUT2D eigenvalue weighted by molar-refractivity contribution is 7.16. The van der Waals surface area contributed by atoms with E-state index in [0.29, 0.717) is 4.88 Å². The second-order valence-electron chi connectivity index (χ2n) is 7.54. The molecular weight excluding hydrogens is 500 g/mol. The number of carboxylic acids is 1. The van der Waals surface area contributed by atoms with E-state index in [4.69, 9.17) is 9.84 Å². The second-order valence-corrected chi connectivity index (χ2v) is 8.57. The first-order chi connectivity index (χ1) is 16.8. The summed E-state index contributed by atoms with van der Waals surface area (Å²) < 4.78 is 7.24. The Labute approximate surface area is 207 Å². The lowest BCUT2D eigenvalue weighted by molar-refractivity contribution is -0.385. The molecule has 3 aromatic heterocycles. The van der Waals surface area contributed by atoms with Gasteiger partial charge in [0, 0.05) is 31.1 Å². The van der Waals surface area contributed by atoms with Gasteiger partial charge in [-0.15, -0.1) is 11.3 Å². The van der Waals surface area contributed by atoms with Crippen LogP contribution < -0.4 is 5.32 Å². The van der Waals surface area contributed by atoms with Gasteiger partial charge in [0.05, 0.1) is 29.4 Å². The summed E-state index contributed by atoms with van der Waals surface area (Å²) in [5.74, 6) is -2.28. The van der Waals surface area contributed by atoms with Crippen molar-refractivity contribution in [2.75, 3.05) is 12.4 Å². The number of thiazole rings is 1. The first-order valence-electron chi connectivity index (χ1n) is 10.0. The van der Waals surface area contributed by atoms with Crippen LogP contribution >= 0.6 is 11.3 Å². The number of ether oxygens (including phenoxy) is 1. The van der Waals surface area contributed by atoms with Gasteiger partial charge < -0.3 is 19.0 Å². The van der Waals surface area contributed by atoms with Gasteiger partial charge in [0.2, 0.25) is 0 Å². The van der Waals surface area contributed by atoms with Crippen molar-refractivity contribution in [3.63, 3.8) is 0 Å². The minimum Gasteiger partial charge on any atom is -0.477 e. The molecule has 0 fully saturated rings. The number of methoxy groups -OCH3 is 1. The van der Waals surface area contributed by atoms with Crippen molar-refractivity contribution < 1.29 is 34.1 Å². The molecule has 0 aliphatic carbocycles. The molecule has 3 aromatic rings. The fourth-order valence-electron chi connectivity index (χ4n) is 2.91. The van der Waals surface area contributed by atoms with Gasteiger partial charge in [-0.25, -0.2) is 14.6 Å². The Bertz CT molecular complexity index is 1340. The Morgan fingerprint density at radius 3 is 1.94 bits per heavy atom. The number of esters is 1. The molecule has 192 valence electrons. The molecule has 0 unspecified atom stereocenters. The quantitative estimate of drug-likeness (QED) is 0.263. The summed E-state index contributed by atoms with van der Waals surface area (Å²) in [6, 6.07) is 2.19. The number of carbonyl (C=O) groups is 3. The van der Waals surface area contributed by atoms with Crippen molar-refractivity contribution in [1.29, 1.82) is 0 Å². The molecule has 3 heterocycles. The standard InChI is InChI=1S/C14H16N4O5S.C6H6N2O4/c1-7(2)11-10(13(20)23-4)15-14(24-11)16-12(19)9-5-8(18(21)22)6-17(9)3;1-7-3-4(8(11)12)2-5(7)6(9)10/h5-7H,1-4H3,(H,15,16,19);2-3H,1H3,(H,9,10). The zero-order chi connectivity index (χ0) is 27.3. The van der Waals surface area contributed by atoms with Crippen LogP contribution in [-0.2, 0) is 18.8 Å².